The normalized spacial score (nSPS) is 12.7. The minimum Gasteiger partial charge on any atom is -0.495 e. The molecule has 1 N–H and O–H groups in total. The number of sulfonamides is 1. The van der Waals surface area contributed by atoms with Crippen LogP contribution < -0.4 is 10.1 Å². The van der Waals surface area contributed by atoms with Crippen LogP contribution in [0.25, 0.3) is 0 Å². The summed E-state index contributed by atoms with van der Waals surface area (Å²) in [5, 5.41) is 2.90. The maximum Gasteiger partial charge on any atom is 0.251 e. The third kappa shape index (κ3) is 4.82. The van der Waals surface area contributed by atoms with Crippen molar-refractivity contribution in [2.24, 2.45) is 0 Å². The first-order valence-electron chi connectivity index (χ1n) is 8.26. The van der Waals surface area contributed by atoms with Gasteiger partial charge in [0, 0.05) is 24.6 Å². The Bertz CT molecular complexity index is 910. The van der Waals surface area contributed by atoms with Gasteiger partial charge in [-0.3, -0.25) is 4.79 Å². The van der Waals surface area contributed by atoms with Gasteiger partial charge in [0.1, 0.15) is 10.6 Å². The number of rotatable bonds is 7. The van der Waals surface area contributed by atoms with Crippen LogP contribution in [0.5, 0.6) is 5.75 Å². The molecule has 1 amide bonds. The van der Waals surface area contributed by atoms with E-state index in [9.17, 15) is 13.2 Å². The van der Waals surface area contributed by atoms with Crippen LogP contribution in [-0.4, -0.2) is 46.1 Å². The first kappa shape index (κ1) is 21.3. The molecule has 0 fully saturated rings. The minimum absolute atomic E-state index is 0.0420. The number of hydrogen-bond acceptors (Lipinski definition) is 5. The van der Waals surface area contributed by atoms with Crippen molar-refractivity contribution in [3.63, 3.8) is 0 Å². The second-order valence-electron chi connectivity index (χ2n) is 6.12. The van der Waals surface area contributed by atoms with Crippen LogP contribution in [-0.2, 0) is 10.0 Å². The van der Waals surface area contributed by atoms with Crippen molar-refractivity contribution in [1.82, 2.24) is 9.62 Å². The Kier molecular flexibility index (Phi) is 6.91. The zero-order chi connectivity index (χ0) is 20.2. The Balaban J connectivity index is 2.28. The summed E-state index contributed by atoms with van der Waals surface area (Å²) in [5.41, 5.74) is 1.22. The standard InChI is InChI=1S/C19H24N2O4S2/c1-13(14-6-9-16(26-5)10-7-14)20-19(22)15-8-11-17(25-4)18(12-15)27(23,24)21(2)3/h6-13H,1-5H3,(H,20,22). The third-order valence-electron chi connectivity index (χ3n) is 4.15. The smallest absolute Gasteiger partial charge is 0.251 e. The fraction of sp³-hybridized carbons (Fsp3) is 0.316. The van der Waals surface area contributed by atoms with Gasteiger partial charge in [0.05, 0.1) is 13.2 Å². The second-order valence-corrected chi connectivity index (χ2v) is 9.12. The summed E-state index contributed by atoms with van der Waals surface area (Å²) in [6.07, 6.45) is 2.00. The predicted molar refractivity (Wildman–Crippen MR) is 108 cm³/mol. The quantitative estimate of drug-likeness (QED) is 0.712. The number of methoxy groups -OCH3 is 1. The van der Waals surface area contributed by atoms with Crippen LogP contribution >= 0.6 is 11.8 Å². The summed E-state index contributed by atoms with van der Waals surface area (Å²) in [4.78, 5) is 13.7. The molecule has 1 atom stereocenters. The Labute approximate surface area is 165 Å². The van der Waals surface area contributed by atoms with E-state index in [1.165, 1.54) is 33.3 Å². The van der Waals surface area contributed by atoms with Crippen molar-refractivity contribution in [2.75, 3.05) is 27.5 Å². The Morgan fingerprint density at radius 3 is 2.30 bits per heavy atom. The van der Waals surface area contributed by atoms with E-state index >= 15 is 0 Å². The fourth-order valence-electron chi connectivity index (χ4n) is 2.47. The molecule has 0 aromatic heterocycles. The lowest BCUT2D eigenvalue weighted by Gasteiger charge is -2.17. The summed E-state index contributed by atoms with van der Waals surface area (Å²) in [5.74, 6) is -0.157. The van der Waals surface area contributed by atoms with Gasteiger partial charge in [-0.05, 0) is 49.1 Å². The largest absolute Gasteiger partial charge is 0.495 e. The molecule has 0 spiro atoms. The average Bonchev–Trinajstić information content (AvgIpc) is 2.67. The number of nitrogens with one attached hydrogen (secondary N) is 1. The van der Waals surface area contributed by atoms with Crippen LogP contribution in [0.1, 0.15) is 28.9 Å². The van der Waals surface area contributed by atoms with Crippen molar-refractivity contribution >= 4 is 27.7 Å². The summed E-state index contributed by atoms with van der Waals surface area (Å²) < 4.78 is 31.2. The predicted octanol–water partition coefficient (Wildman–Crippen LogP) is 3.16. The number of carbonyl (C=O) groups excluding carboxylic acids is 1. The van der Waals surface area contributed by atoms with Crippen LogP contribution in [0.4, 0.5) is 0 Å². The molecule has 0 aliphatic heterocycles. The number of carbonyl (C=O) groups is 1. The van der Waals surface area contributed by atoms with E-state index < -0.39 is 10.0 Å². The first-order valence-corrected chi connectivity index (χ1v) is 10.9. The molecular weight excluding hydrogens is 384 g/mol. The molecule has 0 saturated carbocycles. The molecular formula is C19H24N2O4S2. The molecule has 6 nitrogen and oxygen atoms in total. The Morgan fingerprint density at radius 2 is 1.78 bits per heavy atom. The van der Waals surface area contributed by atoms with Crippen molar-refractivity contribution in [3.8, 4) is 5.75 Å². The number of thioether (sulfide) groups is 1. The van der Waals surface area contributed by atoms with E-state index in [-0.39, 0.29) is 28.2 Å². The zero-order valence-electron chi connectivity index (χ0n) is 16.0. The highest BCUT2D eigenvalue weighted by molar-refractivity contribution is 7.98. The maximum absolute atomic E-state index is 12.6. The van der Waals surface area contributed by atoms with Gasteiger partial charge >= 0.3 is 0 Å². The van der Waals surface area contributed by atoms with Gasteiger partial charge < -0.3 is 10.1 Å². The molecule has 2 rings (SSSR count). The van der Waals surface area contributed by atoms with E-state index in [1.54, 1.807) is 17.8 Å². The van der Waals surface area contributed by atoms with Crippen LogP contribution in [0.3, 0.4) is 0 Å². The highest BCUT2D eigenvalue weighted by atomic mass is 32.2. The number of benzene rings is 2. The maximum atomic E-state index is 12.6. The van der Waals surface area contributed by atoms with E-state index in [0.717, 1.165) is 14.8 Å². The van der Waals surface area contributed by atoms with E-state index in [2.05, 4.69) is 5.32 Å². The lowest BCUT2D eigenvalue weighted by molar-refractivity contribution is 0.0939. The van der Waals surface area contributed by atoms with Gasteiger partial charge in [-0.1, -0.05) is 12.1 Å². The van der Waals surface area contributed by atoms with Crippen molar-refractivity contribution < 1.29 is 17.9 Å². The van der Waals surface area contributed by atoms with Crippen molar-refractivity contribution in [1.29, 1.82) is 0 Å². The Morgan fingerprint density at radius 1 is 1.15 bits per heavy atom. The second kappa shape index (κ2) is 8.77. The summed E-state index contributed by atoms with van der Waals surface area (Å²) in [7, 11) is 0.520. The molecule has 0 saturated heterocycles. The van der Waals surface area contributed by atoms with E-state index in [1.807, 2.05) is 37.4 Å². The summed E-state index contributed by atoms with van der Waals surface area (Å²) in [6, 6.07) is 12.1. The van der Waals surface area contributed by atoms with Gasteiger partial charge in [-0.25, -0.2) is 12.7 Å². The lowest BCUT2D eigenvalue weighted by Crippen LogP contribution is -2.27. The molecule has 8 heteroatoms. The minimum atomic E-state index is -3.74. The van der Waals surface area contributed by atoms with Gasteiger partial charge in [0.15, 0.2) is 0 Å². The number of ether oxygens (including phenoxy) is 1. The molecule has 2 aromatic rings. The molecule has 0 aliphatic carbocycles. The molecule has 146 valence electrons. The Hall–Kier alpha value is -2.03. The molecule has 0 bridgehead atoms. The molecule has 1 unspecified atom stereocenters. The van der Waals surface area contributed by atoms with Crippen molar-refractivity contribution in [2.45, 2.75) is 22.8 Å². The number of nitrogens with zero attached hydrogens (tertiary/aromatic N) is 1. The first-order chi connectivity index (χ1) is 12.7. The van der Waals surface area contributed by atoms with Gasteiger partial charge in [-0.2, -0.15) is 0 Å². The summed E-state index contributed by atoms with van der Waals surface area (Å²) >= 11 is 1.65. The van der Waals surface area contributed by atoms with Gasteiger partial charge in [0.2, 0.25) is 10.0 Å². The van der Waals surface area contributed by atoms with Gasteiger partial charge in [-0.15, -0.1) is 11.8 Å². The molecule has 0 heterocycles. The number of amides is 1. The highest BCUT2D eigenvalue weighted by Crippen LogP contribution is 2.27. The topological polar surface area (TPSA) is 75.7 Å². The molecule has 0 aliphatic rings. The zero-order valence-corrected chi connectivity index (χ0v) is 17.6. The van der Waals surface area contributed by atoms with E-state index in [0.29, 0.717) is 0 Å². The van der Waals surface area contributed by atoms with Crippen LogP contribution in [0, 0.1) is 0 Å². The number of hydrogen-bond donors (Lipinski definition) is 1. The lowest BCUT2D eigenvalue weighted by atomic mass is 10.1. The van der Waals surface area contributed by atoms with Crippen LogP contribution in [0.2, 0.25) is 0 Å². The van der Waals surface area contributed by atoms with Crippen LogP contribution in [0.15, 0.2) is 52.3 Å². The molecule has 2 aromatic carbocycles. The monoisotopic (exact) mass is 408 g/mol. The highest BCUT2D eigenvalue weighted by Gasteiger charge is 2.24. The summed E-state index contributed by atoms with van der Waals surface area (Å²) in [6.45, 7) is 1.88. The average molecular weight is 409 g/mol. The molecule has 0 radical (unpaired) electrons. The SMILES string of the molecule is COc1ccc(C(=O)NC(C)c2ccc(SC)cc2)cc1S(=O)(=O)N(C)C. The molecule has 27 heavy (non-hydrogen) atoms. The third-order valence-corrected chi connectivity index (χ3v) is 6.73. The van der Waals surface area contributed by atoms with E-state index in [4.69, 9.17) is 4.74 Å². The fourth-order valence-corrected chi connectivity index (χ4v) is 3.96. The van der Waals surface area contributed by atoms with Gasteiger partial charge in [0.25, 0.3) is 5.91 Å². The van der Waals surface area contributed by atoms with Crippen molar-refractivity contribution in [3.05, 3.63) is 53.6 Å².